The predicted molar refractivity (Wildman–Crippen MR) is 104 cm³/mol. The number of aryl methyl sites for hydroxylation is 1. The van der Waals surface area contributed by atoms with Gasteiger partial charge in [0.2, 0.25) is 0 Å². The largest absolute Gasteiger partial charge is 0.352 e. The first-order valence-corrected chi connectivity index (χ1v) is 8.75. The molecule has 5 heteroatoms. The van der Waals surface area contributed by atoms with E-state index in [9.17, 15) is 0 Å². The molecule has 1 aliphatic heterocycles. The van der Waals surface area contributed by atoms with Crippen molar-refractivity contribution in [1.82, 2.24) is 19.8 Å². The molecule has 1 N–H and O–H groups in total. The summed E-state index contributed by atoms with van der Waals surface area (Å²) in [5.41, 5.74) is 4.56. The zero-order chi connectivity index (χ0) is 17.4. The van der Waals surface area contributed by atoms with Gasteiger partial charge in [0.05, 0.1) is 17.8 Å². The summed E-state index contributed by atoms with van der Waals surface area (Å²) in [4.78, 5) is 6.68. The van der Waals surface area contributed by atoms with Crippen LogP contribution in [0, 0.1) is 6.92 Å². The van der Waals surface area contributed by atoms with Crippen molar-refractivity contribution in [1.29, 1.82) is 0 Å². The maximum Gasteiger partial charge on any atom is 0.169 e. The van der Waals surface area contributed by atoms with E-state index in [4.69, 9.17) is 12.2 Å². The fourth-order valence-electron chi connectivity index (χ4n) is 3.55. The molecule has 2 atom stereocenters. The van der Waals surface area contributed by atoms with E-state index in [-0.39, 0.29) is 12.1 Å². The Bertz CT molecular complexity index is 889. The maximum atomic E-state index is 5.54. The summed E-state index contributed by atoms with van der Waals surface area (Å²) in [6, 6.07) is 20.9. The molecule has 2 aromatic heterocycles. The van der Waals surface area contributed by atoms with Gasteiger partial charge in [-0.25, -0.2) is 0 Å². The van der Waals surface area contributed by atoms with E-state index in [1.54, 1.807) is 0 Å². The topological polar surface area (TPSA) is 33.1 Å². The van der Waals surface area contributed by atoms with Crippen LogP contribution in [-0.2, 0) is 0 Å². The molecule has 3 aromatic rings. The summed E-state index contributed by atoms with van der Waals surface area (Å²) in [6.07, 6.45) is 1.83. The van der Waals surface area contributed by atoms with Crippen LogP contribution >= 0.6 is 12.2 Å². The van der Waals surface area contributed by atoms with Gasteiger partial charge in [-0.3, -0.25) is 4.98 Å². The minimum Gasteiger partial charge on any atom is -0.352 e. The number of para-hydroxylation sites is 1. The normalized spacial score (nSPS) is 19.9. The SMILES string of the molecule is Cc1ccc([C@@H]2[C@H](c3ccccn3)NC(=S)N2C)n1-c1ccccc1. The average molecular weight is 348 g/mol. The third-order valence-electron chi connectivity index (χ3n) is 4.76. The Morgan fingerprint density at radius 1 is 1.00 bits per heavy atom. The van der Waals surface area contributed by atoms with Crippen LogP contribution in [0.15, 0.2) is 66.9 Å². The molecule has 3 heterocycles. The Morgan fingerprint density at radius 2 is 1.76 bits per heavy atom. The van der Waals surface area contributed by atoms with Crippen molar-refractivity contribution in [2.45, 2.75) is 19.0 Å². The third kappa shape index (κ3) is 2.70. The molecule has 1 aliphatic rings. The average Bonchev–Trinajstić information content (AvgIpc) is 3.16. The van der Waals surface area contributed by atoms with Gasteiger partial charge in [0.15, 0.2) is 5.11 Å². The highest BCUT2D eigenvalue weighted by Crippen LogP contribution is 2.39. The fraction of sp³-hybridized carbons (Fsp3) is 0.200. The van der Waals surface area contributed by atoms with Crippen LogP contribution in [0.3, 0.4) is 0 Å². The Morgan fingerprint density at radius 3 is 2.48 bits per heavy atom. The highest BCUT2D eigenvalue weighted by atomic mass is 32.1. The maximum absolute atomic E-state index is 5.54. The second kappa shape index (κ2) is 6.33. The zero-order valence-corrected chi connectivity index (χ0v) is 15.1. The molecule has 0 bridgehead atoms. The van der Waals surface area contributed by atoms with Gasteiger partial charge in [0, 0.05) is 30.3 Å². The van der Waals surface area contributed by atoms with Crippen LogP contribution in [0.4, 0.5) is 0 Å². The second-order valence-electron chi connectivity index (χ2n) is 6.31. The molecular weight excluding hydrogens is 328 g/mol. The quantitative estimate of drug-likeness (QED) is 0.730. The zero-order valence-electron chi connectivity index (χ0n) is 14.3. The lowest BCUT2D eigenvalue weighted by Crippen LogP contribution is -2.26. The van der Waals surface area contributed by atoms with E-state index in [0.717, 1.165) is 16.5 Å². The number of nitrogens with one attached hydrogen (secondary N) is 1. The molecule has 1 fully saturated rings. The van der Waals surface area contributed by atoms with Crippen molar-refractivity contribution in [2.75, 3.05) is 7.05 Å². The summed E-state index contributed by atoms with van der Waals surface area (Å²) in [5, 5.41) is 4.19. The lowest BCUT2D eigenvalue weighted by Gasteiger charge is -2.26. The molecule has 0 radical (unpaired) electrons. The number of hydrogen-bond acceptors (Lipinski definition) is 2. The van der Waals surface area contributed by atoms with Gasteiger partial charge in [-0.15, -0.1) is 0 Å². The fourth-order valence-corrected chi connectivity index (χ4v) is 3.79. The van der Waals surface area contributed by atoms with Gasteiger partial charge in [-0.2, -0.15) is 0 Å². The van der Waals surface area contributed by atoms with Gasteiger partial charge >= 0.3 is 0 Å². The lowest BCUT2D eigenvalue weighted by molar-refractivity contribution is 0.356. The van der Waals surface area contributed by atoms with Crippen LogP contribution in [0.5, 0.6) is 0 Å². The number of thiocarbonyl (C=S) groups is 1. The molecule has 0 unspecified atom stereocenters. The number of aromatic nitrogens is 2. The van der Waals surface area contributed by atoms with Crippen LogP contribution in [0.25, 0.3) is 5.69 Å². The number of nitrogens with zero attached hydrogens (tertiary/aromatic N) is 3. The standard InChI is InChI=1S/C20H20N4S/c1-14-11-12-17(24(14)15-8-4-3-5-9-15)19-18(22-20(25)23(19)2)16-10-6-7-13-21-16/h3-13,18-19H,1-2H3,(H,22,25)/t18-,19+/m0/s1. The highest BCUT2D eigenvalue weighted by molar-refractivity contribution is 7.80. The molecule has 0 saturated carbocycles. The molecule has 0 spiro atoms. The Kier molecular flexibility index (Phi) is 4.01. The van der Waals surface area contributed by atoms with E-state index in [1.807, 2.05) is 31.4 Å². The monoisotopic (exact) mass is 348 g/mol. The number of likely N-dealkylation sites (N-methyl/N-ethyl adjacent to an activating group) is 1. The van der Waals surface area contributed by atoms with Crippen molar-refractivity contribution in [2.24, 2.45) is 0 Å². The van der Waals surface area contributed by atoms with E-state index in [1.165, 1.54) is 11.4 Å². The molecule has 0 aliphatic carbocycles. The minimum atomic E-state index is 0.0236. The van der Waals surface area contributed by atoms with Gasteiger partial charge in [-0.1, -0.05) is 24.3 Å². The van der Waals surface area contributed by atoms with Crippen LogP contribution in [-0.4, -0.2) is 26.6 Å². The molecule has 0 amide bonds. The van der Waals surface area contributed by atoms with Crippen molar-refractivity contribution < 1.29 is 0 Å². The molecule has 126 valence electrons. The first-order chi connectivity index (χ1) is 12.2. The van der Waals surface area contributed by atoms with Gasteiger partial charge in [0.1, 0.15) is 0 Å². The van der Waals surface area contributed by atoms with Crippen molar-refractivity contribution in [3.63, 3.8) is 0 Å². The van der Waals surface area contributed by atoms with E-state index >= 15 is 0 Å². The first kappa shape index (κ1) is 15.8. The molecule has 4 rings (SSSR count). The smallest absolute Gasteiger partial charge is 0.169 e. The van der Waals surface area contributed by atoms with Gasteiger partial charge < -0.3 is 14.8 Å². The van der Waals surface area contributed by atoms with E-state index < -0.39 is 0 Å². The van der Waals surface area contributed by atoms with Crippen LogP contribution < -0.4 is 5.32 Å². The lowest BCUT2D eigenvalue weighted by atomic mass is 10.0. The number of hydrogen-bond donors (Lipinski definition) is 1. The second-order valence-corrected chi connectivity index (χ2v) is 6.69. The summed E-state index contributed by atoms with van der Waals surface area (Å²) in [5.74, 6) is 0. The van der Waals surface area contributed by atoms with E-state index in [2.05, 4.69) is 69.2 Å². The highest BCUT2D eigenvalue weighted by Gasteiger charge is 2.39. The van der Waals surface area contributed by atoms with Gasteiger partial charge in [-0.05, 0) is 55.5 Å². The number of benzene rings is 1. The summed E-state index contributed by atoms with van der Waals surface area (Å²) in [7, 11) is 2.04. The molecule has 4 nitrogen and oxygen atoms in total. The van der Waals surface area contributed by atoms with E-state index in [0.29, 0.717) is 0 Å². The summed E-state index contributed by atoms with van der Waals surface area (Å²) >= 11 is 5.54. The predicted octanol–water partition coefficient (Wildman–Crippen LogP) is 3.78. The Balaban J connectivity index is 1.84. The molecule has 1 saturated heterocycles. The molecular formula is C20H20N4S. The first-order valence-electron chi connectivity index (χ1n) is 8.35. The molecule has 1 aromatic carbocycles. The molecule has 25 heavy (non-hydrogen) atoms. The van der Waals surface area contributed by atoms with Crippen molar-refractivity contribution in [3.05, 3.63) is 83.9 Å². The van der Waals surface area contributed by atoms with Crippen molar-refractivity contribution in [3.8, 4) is 5.69 Å². The Hall–Kier alpha value is -2.66. The summed E-state index contributed by atoms with van der Waals surface area (Å²) in [6.45, 7) is 2.13. The van der Waals surface area contributed by atoms with Gasteiger partial charge in [0.25, 0.3) is 0 Å². The Labute approximate surface area is 153 Å². The number of rotatable bonds is 3. The van der Waals surface area contributed by atoms with Crippen LogP contribution in [0.1, 0.15) is 29.2 Å². The number of pyridine rings is 1. The third-order valence-corrected chi connectivity index (χ3v) is 5.17. The van der Waals surface area contributed by atoms with Crippen LogP contribution in [0.2, 0.25) is 0 Å². The minimum absolute atomic E-state index is 0.0236. The summed E-state index contributed by atoms with van der Waals surface area (Å²) < 4.78 is 2.30. The van der Waals surface area contributed by atoms with Crippen molar-refractivity contribution >= 4 is 17.3 Å².